The molecule has 5 nitrogen and oxygen atoms in total. The first-order valence-corrected chi connectivity index (χ1v) is 8.39. The van der Waals surface area contributed by atoms with E-state index in [0.717, 1.165) is 51.4 Å². The number of carbonyl (C=O) groups excluding carboxylic acids is 1. The summed E-state index contributed by atoms with van der Waals surface area (Å²) in [6, 6.07) is 8.66. The van der Waals surface area contributed by atoms with Crippen LogP contribution in [0.2, 0.25) is 0 Å². The van der Waals surface area contributed by atoms with E-state index in [1.165, 1.54) is 5.56 Å². The SMILES string of the molecule is CC(=O)N[C@H]1CCN(Cc2ccc(OCCCN(C)C)cc2)C1. The van der Waals surface area contributed by atoms with Crippen molar-refractivity contribution in [3.8, 4) is 5.75 Å². The zero-order valence-corrected chi connectivity index (χ0v) is 14.5. The number of ether oxygens (including phenoxy) is 1. The van der Waals surface area contributed by atoms with Crippen LogP contribution in [-0.2, 0) is 11.3 Å². The number of rotatable bonds is 8. The third kappa shape index (κ3) is 6.59. The van der Waals surface area contributed by atoms with E-state index < -0.39 is 0 Å². The van der Waals surface area contributed by atoms with Crippen molar-refractivity contribution in [3.63, 3.8) is 0 Å². The lowest BCUT2D eigenvalue weighted by molar-refractivity contribution is -0.119. The molecule has 0 aliphatic carbocycles. The third-order valence-corrected chi connectivity index (χ3v) is 4.03. The second-order valence-electron chi connectivity index (χ2n) is 6.57. The van der Waals surface area contributed by atoms with Gasteiger partial charge in [-0.1, -0.05) is 12.1 Å². The van der Waals surface area contributed by atoms with Crippen LogP contribution in [0.3, 0.4) is 0 Å². The highest BCUT2D eigenvalue weighted by Crippen LogP contribution is 2.17. The molecule has 0 aromatic heterocycles. The molecule has 1 atom stereocenters. The average Bonchev–Trinajstić information content (AvgIpc) is 2.91. The molecule has 0 bridgehead atoms. The van der Waals surface area contributed by atoms with Gasteiger partial charge in [-0.15, -0.1) is 0 Å². The molecule has 5 heteroatoms. The van der Waals surface area contributed by atoms with E-state index in [4.69, 9.17) is 4.74 Å². The lowest BCUT2D eigenvalue weighted by atomic mass is 10.2. The number of hydrogen-bond donors (Lipinski definition) is 1. The van der Waals surface area contributed by atoms with Crippen molar-refractivity contribution in [2.24, 2.45) is 0 Å². The first kappa shape index (κ1) is 17.8. The quantitative estimate of drug-likeness (QED) is 0.741. The Morgan fingerprint density at radius 2 is 2.09 bits per heavy atom. The van der Waals surface area contributed by atoms with Gasteiger partial charge in [0.2, 0.25) is 5.91 Å². The van der Waals surface area contributed by atoms with Crippen molar-refractivity contribution in [1.29, 1.82) is 0 Å². The van der Waals surface area contributed by atoms with Crippen LogP contribution >= 0.6 is 0 Å². The fraction of sp³-hybridized carbons (Fsp3) is 0.611. The molecule has 0 unspecified atom stereocenters. The van der Waals surface area contributed by atoms with Crippen LogP contribution in [0.4, 0.5) is 0 Å². The Morgan fingerprint density at radius 1 is 1.35 bits per heavy atom. The van der Waals surface area contributed by atoms with Crippen LogP contribution in [0.15, 0.2) is 24.3 Å². The molecule has 1 aliphatic heterocycles. The van der Waals surface area contributed by atoms with Gasteiger partial charge in [0.15, 0.2) is 0 Å². The maximum absolute atomic E-state index is 11.1. The topological polar surface area (TPSA) is 44.8 Å². The van der Waals surface area contributed by atoms with Gasteiger partial charge in [-0.05, 0) is 44.6 Å². The van der Waals surface area contributed by atoms with Crippen LogP contribution < -0.4 is 10.1 Å². The molecule has 1 fully saturated rings. The monoisotopic (exact) mass is 319 g/mol. The van der Waals surface area contributed by atoms with Crippen LogP contribution in [-0.4, -0.2) is 62.1 Å². The molecule has 1 aromatic rings. The van der Waals surface area contributed by atoms with Crippen molar-refractivity contribution in [2.45, 2.75) is 32.4 Å². The van der Waals surface area contributed by atoms with E-state index in [-0.39, 0.29) is 5.91 Å². The fourth-order valence-corrected chi connectivity index (χ4v) is 2.90. The second-order valence-corrected chi connectivity index (χ2v) is 6.57. The molecule has 1 saturated heterocycles. The molecule has 128 valence electrons. The van der Waals surface area contributed by atoms with E-state index in [9.17, 15) is 4.79 Å². The van der Waals surface area contributed by atoms with Crippen molar-refractivity contribution < 1.29 is 9.53 Å². The Hall–Kier alpha value is -1.59. The van der Waals surface area contributed by atoms with Gasteiger partial charge in [0.1, 0.15) is 5.75 Å². The summed E-state index contributed by atoms with van der Waals surface area (Å²) >= 11 is 0. The molecule has 1 aromatic carbocycles. The molecular formula is C18H29N3O2. The van der Waals surface area contributed by atoms with Gasteiger partial charge in [-0.3, -0.25) is 9.69 Å². The molecule has 2 rings (SSSR count). The molecule has 1 aliphatic rings. The number of carbonyl (C=O) groups is 1. The van der Waals surface area contributed by atoms with Crippen molar-refractivity contribution in [3.05, 3.63) is 29.8 Å². The molecule has 1 amide bonds. The Balaban J connectivity index is 1.72. The number of nitrogens with zero attached hydrogens (tertiary/aromatic N) is 2. The van der Waals surface area contributed by atoms with Gasteiger partial charge in [0, 0.05) is 39.1 Å². The lowest BCUT2D eigenvalue weighted by Crippen LogP contribution is -2.35. The fourth-order valence-electron chi connectivity index (χ4n) is 2.90. The summed E-state index contributed by atoms with van der Waals surface area (Å²) in [5, 5.41) is 3.00. The highest BCUT2D eigenvalue weighted by Gasteiger charge is 2.22. The number of nitrogens with one attached hydrogen (secondary N) is 1. The van der Waals surface area contributed by atoms with E-state index in [1.807, 2.05) is 12.1 Å². The van der Waals surface area contributed by atoms with Gasteiger partial charge in [0.05, 0.1) is 6.61 Å². The number of hydrogen-bond acceptors (Lipinski definition) is 4. The van der Waals surface area contributed by atoms with Gasteiger partial charge < -0.3 is 15.0 Å². The zero-order chi connectivity index (χ0) is 16.7. The molecule has 0 spiro atoms. The average molecular weight is 319 g/mol. The Bertz CT molecular complexity index is 488. The van der Waals surface area contributed by atoms with E-state index in [1.54, 1.807) is 6.92 Å². The largest absolute Gasteiger partial charge is 0.494 e. The maximum Gasteiger partial charge on any atom is 0.217 e. The summed E-state index contributed by atoms with van der Waals surface area (Å²) in [5.41, 5.74) is 1.29. The summed E-state index contributed by atoms with van der Waals surface area (Å²) in [7, 11) is 4.15. The third-order valence-electron chi connectivity index (χ3n) is 4.03. The summed E-state index contributed by atoms with van der Waals surface area (Å²) in [6.45, 7) is 6.28. The lowest BCUT2D eigenvalue weighted by Gasteiger charge is -2.16. The minimum atomic E-state index is 0.0626. The number of likely N-dealkylation sites (tertiary alicyclic amines) is 1. The first-order valence-electron chi connectivity index (χ1n) is 8.39. The van der Waals surface area contributed by atoms with E-state index in [0.29, 0.717) is 6.04 Å². The molecule has 1 heterocycles. The van der Waals surface area contributed by atoms with Gasteiger partial charge >= 0.3 is 0 Å². The summed E-state index contributed by atoms with van der Waals surface area (Å²) in [4.78, 5) is 15.6. The van der Waals surface area contributed by atoms with Crippen molar-refractivity contribution in [1.82, 2.24) is 15.1 Å². The highest BCUT2D eigenvalue weighted by molar-refractivity contribution is 5.73. The number of amides is 1. The predicted molar refractivity (Wildman–Crippen MR) is 92.6 cm³/mol. The molecule has 0 radical (unpaired) electrons. The molecular weight excluding hydrogens is 290 g/mol. The summed E-state index contributed by atoms with van der Waals surface area (Å²) in [5.74, 6) is 0.998. The highest BCUT2D eigenvalue weighted by atomic mass is 16.5. The Kier molecular flexibility index (Phi) is 6.86. The van der Waals surface area contributed by atoms with Gasteiger partial charge in [0.25, 0.3) is 0 Å². The Morgan fingerprint density at radius 3 is 2.74 bits per heavy atom. The molecule has 0 saturated carbocycles. The van der Waals surface area contributed by atoms with E-state index in [2.05, 4.69) is 41.3 Å². The molecule has 1 N–H and O–H groups in total. The molecule has 23 heavy (non-hydrogen) atoms. The minimum absolute atomic E-state index is 0.0626. The first-order chi connectivity index (χ1) is 11.0. The predicted octanol–water partition coefficient (Wildman–Crippen LogP) is 1.73. The zero-order valence-electron chi connectivity index (χ0n) is 14.5. The smallest absolute Gasteiger partial charge is 0.217 e. The summed E-state index contributed by atoms with van der Waals surface area (Å²) < 4.78 is 5.75. The Labute approximate surface area is 139 Å². The van der Waals surface area contributed by atoms with Crippen LogP contribution in [0.25, 0.3) is 0 Å². The van der Waals surface area contributed by atoms with Gasteiger partial charge in [-0.2, -0.15) is 0 Å². The number of benzene rings is 1. The van der Waals surface area contributed by atoms with Crippen molar-refractivity contribution >= 4 is 5.91 Å². The summed E-state index contributed by atoms with van der Waals surface area (Å²) in [6.07, 6.45) is 2.07. The van der Waals surface area contributed by atoms with E-state index >= 15 is 0 Å². The van der Waals surface area contributed by atoms with Crippen LogP contribution in [0.1, 0.15) is 25.3 Å². The van der Waals surface area contributed by atoms with Crippen LogP contribution in [0.5, 0.6) is 5.75 Å². The maximum atomic E-state index is 11.1. The second kappa shape index (κ2) is 8.89. The van der Waals surface area contributed by atoms with Gasteiger partial charge in [-0.25, -0.2) is 0 Å². The van der Waals surface area contributed by atoms with Crippen LogP contribution in [0, 0.1) is 0 Å². The minimum Gasteiger partial charge on any atom is -0.494 e. The van der Waals surface area contributed by atoms with Crippen molar-refractivity contribution in [2.75, 3.05) is 40.3 Å². The standard InChI is InChI=1S/C18H29N3O2/c1-15(22)19-17-9-11-21(14-17)13-16-5-7-18(8-6-16)23-12-4-10-20(2)3/h5-8,17H,4,9-14H2,1-3H3,(H,19,22)/t17-/m0/s1. The normalized spacial score (nSPS) is 18.3.